The molecule has 0 spiro atoms. The number of hydrogen-bond acceptors (Lipinski definition) is 4. The number of carboxylic acids is 1. The molecule has 0 radical (unpaired) electrons. The maximum absolute atomic E-state index is 11.5. The summed E-state index contributed by atoms with van der Waals surface area (Å²) < 4.78 is 0. The quantitative estimate of drug-likeness (QED) is 0.753. The van der Waals surface area contributed by atoms with E-state index >= 15 is 0 Å². The molecule has 0 aliphatic rings. The van der Waals surface area contributed by atoms with Crippen LogP contribution in [0.2, 0.25) is 0 Å². The minimum atomic E-state index is -0.907. The van der Waals surface area contributed by atoms with Crippen LogP contribution in [0.25, 0.3) is 0 Å². The molecule has 1 rings (SSSR count). The van der Waals surface area contributed by atoms with Crippen LogP contribution in [-0.4, -0.2) is 32.9 Å². The van der Waals surface area contributed by atoms with Gasteiger partial charge in [0.1, 0.15) is 5.54 Å². The third kappa shape index (κ3) is 5.20. The lowest BCUT2D eigenvalue weighted by atomic mass is 9.95. The van der Waals surface area contributed by atoms with Crippen molar-refractivity contribution in [2.24, 2.45) is 0 Å². The van der Waals surface area contributed by atoms with Crippen LogP contribution in [0.5, 0.6) is 0 Å². The summed E-state index contributed by atoms with van der Waals surface area (Å²) in [6.07, 6.45) is 2.29. The highest BCUT2D eigenvalue weighted by Crippen LogP contribution is 2.27. The second-order valence-corrected chi connectivity index (χ2v) is 6.70. The van der Waals surface area contributed by atoms with Crippen molar-refractivity contribution >= 4 is 17.7 Å². The zero-order valence-electron chi connectivity index (χ0n) is 11.9. The van der Waals surface area contributed by atoms with Crippen LogP contribution in [0.4, 0.5) is 0 Å². The molecule has 0 saturated carbocycles. The Labute approximate surface area is 119 Å². The Morgan fingerprint density at radius 3 is 2.63 bits per heavy atom. The van der Waals surface area contributed by atoms with Gasteiger partial charge >= 0.3 is 5.97 Å². The van der Waals surface area contributed by atoms with Gasteiger partial charge in [0.15, 0.2) is 0 Å². The lowest BCUT2D eigenvalue weighted by Gasteiger charge is -2.30. The molecule has 2 atom stereocenters. The fraction of sp³-hybridized carbons (Fsp3) is 0.571. The van der Waals surface area contributed by atoms with E-state index in [1.165, 1.54) is 0 Å². The first-order valence-electron chi connectivity index (χ1n) is 6.42. The van der Waals surface area contributed by atoms with Gasteiger partial charge in [-0.1, -0.05) is 13.0 Å². The van der Waals surface area contributed by atoms with Crippen molar-refractivity contribution in [1.29, 1.82) is 0 Å². The Hall–Kier alpha value is -1.07. The molecule has 106 valence electrons. The lowest BCUT2D eigenvalue weighted by Crippen LogP contribution is -2.53. The van der Waals surface area contributed by atoms with Gasteiger partial charge in [-0.05, 0) is 39.3 Å². The van der Waals surface area contributed by atoms with E-state index in [0.29, 0.717) is 6.42 Å². The van der Waals surface area contributed by atoms with E-state index in [2.05, 4.69) is 10.3 Å². The summed E-state index contributed by atoms with van der Waals surface area (Å²) in [6.45, 7) is 7.68. The Kier molecular flexibility index (Phi) is 5.82. The van der Waals surface area contributed by atoms with Crippen molar-refractivity contribution < 1.29 is 9.90 Å². The number of rotatable bonds is 7. The molecule has 1 aromatic heterocycles. The zero-order valence-corrected chi connectivity index (χ0v) is 12.7. The van der Waals surface area contributed by atoms with E-state index in [0.717, 1.165) is 5.03 Å². The summed E-state index contributed by atoms with van der Waals surface area (Å²) in [5, 5.41) is 13.6. The largest absolute Gasteiger partial charge is 0.480 e. The van der Waals surface area contributed by atoms with E-state index in [9.17, 15) is 9.90 Å². The van der Waals surface area contributed by atoms with Gasteiger partial charge in [-0.2, -0.15) is 0 Å². The predicted molar refractivity (Wildman–Crippen MR) is 78.5 cm³/mol. The number of thioether (sulfide) groups is 1. The molecule has 0 bridgehead atoms. The first-order valence-corrected chi connectivity index (χ1v) is 7.30. The van der Waals surface area contributed by atoms with Gasteiger partial charge in [-0.3, -0.25) is 10.1 Å². The smallest absolute Gasteiger partial charge is 0.323 e. The van der Waals surface area contributed by atoms with Gasteiger partial charge < -0.3 is 5.11 Å². The second-order valence-electron chi connectivity index (χ2n) is 5.24. The van der Waals surface area contributed by atoms with E-state index in [4.69, 9.17) is 0 Å². The normalized spacial score (nSPS) is 16.1. The number of hydrogen-bond donors (Lipinski definition) is 2. The number of aromatic nitrogens is 1. The van der Waals surface area contributed by atoms with Crippen molar-refractivity contribution in [1.82, 2.24) is 10.3 Å². The standard InChI is InChI=1S/C14H22N2O2S/c1-10(2)16-14(4,13(17)18)9-11(3)19-12-7-5-6-8-15-12/h5-8,10-11,16H,9H2,1-4H3,(H,17,18). The maximum Gasteiger partial charge on any atom is 0.323 e. The first-order chi connectivity index (χ1) is 8.83. The SMILES string of the molecule is CC(C)NC(C)(CC(C)Sc1ccccn1)C(=O)O. The first kappa shape index (κ1) is 16.0. The molecule has 0 aliphatic carbocycles. The number of carbonyl (C=O) groups is 1. The van der Waals surface area contributed by atoms with Crippen LogP contribution >= 0.6 is 11.8 Å². The molecule has 0 fully saturated rings. The van der Waals surface area contributed by atoms with Crippen LogP contribution in [0.15, 0.2) is 29.4 Å². The predicted octanol–water partition coefficient (Wildman–Crippen LogP) is 2.79. The molecule has 0 saturated heterocycles. The average Bonchev–Trinajstić information content (AvgIpc) is 2.28. The summed E-state index contributed by atoms with van der Waals surface area (Å²) in [7, 11) is 0. The van der Waals surface area contributed by atoms with E-state index in [1.54, 1.807) is 24.9 Å². The zero-order chi connectivity index (χ0) is 14.5. The number of nitrogens with one attached hydrogen (secondary N) is 1. The van der Waals surface area contributed by atoms with Gasteiger partial charge in [0, 0.05) is 17.5 Å². The molecular weight excluding hydrogens is 260 g/mol. The van der Waals surface area contributed by atoms with Crippen LogP contribution in [-0.2, 0) is 4.79 Å². The molecule has 1 aromatic rings. The Morgan fingerprint density at radius 2 is 2.16 bits per heavy atom. The molecule has 2 N–H and O–H groups in total. The molecular formula is C14H22N2O2S. The van der Waals surface area contributed by atoms with Crippen molar-refractivity contribution in [3.8, 4) is 0 Å². The van der Waals surface area contributed by atoms with Crippen LogP contribution in [0, 0.1) is 0 Å². The van der Waals surface area contributed by atoms with Crippen molar-refractivity contribution in [3.05, 3.63) is 24.4 Å². The summed E-state index contributed by atoms with van der Waals surface area (Å²) in [5.74, 6) is -0.810. The molecule has 5 heteroatoms. The average molecular weight is 282 g/mol. The van der Waals surface area contributed by atoms with Crippen LogP contribution in [0.1, 0.15) is 34.1 Å². The fourth-order valence-corrected chi connectivity index (χ4v) is 3.19. The Morgan fingerprint density at radius 1 is 1.47 bits per heavy atom. The topological polar surface area (TPSA) is 62.2 Å². The van der Waals surface area contributed by atoms with Gasteiger partial charge in [0.25, 0.3) is 0 Å². The van der Waals surface area contributed by atoms with E-state index < -0.39 is 11.5 Å². The summed E-state index contributed by atoms with van der Waals surface area (Å²) in [4.78, 5) is 15.7. The van der Waals surface area contributed by atoms with Gasteiger partial charge in [0.05, 0.1) is 5.03 Å². The van der Waals surface area contributed by atoms with E-state index in [1.807, 2.05) is 39.0 Å². The minimum Gasteiger partial charge on any atom is -0.480 e. The fourth-order valence-electron chi connectivity index (χ4n) is 2.08. The number of pyridine rings is 1. The van der Waals surface area contributed by atoms with Gasteiger partial charge in [-0.15, -0.1) is 11.8 Å². The number of carboxylic acid groups (broad SMARTS) is 1. The molecule has 1 heterocycles. The van der Waals surface area contributed by atoms with Crippen molar-refractivity contribution in [2.45, 2.75) is 56.0 Å². The summed E-state index contributed by atoms with van der Waals surface area (Å²) in [5.41, 5.74) is -0.907. The lowest BCUT2D eigenvalue weighted by molar-refractivity contribution is -0.144. The maximum atomic E-state index is 11.5. The second kappa shape index (κ2) is 6.91. The molecule has 0 amide bonds. The molecule has 4 nitrogen and oxygen atoms in total. The van der Waals surface area contributed by atoms with Gasteiger partial charge in [-0.25, -0.2) is 4.98 Å². The minimum absolute atomic E-state index is 0.133. The molecule has 0 aromatic carbocycles. The van der Waals surface area contributed by atoms with Crippen LogP contribution in [0.3, 0.4) is 0 Å². The van der Waals surface area contributed by atoms with Crippen molar-refractivity contribution in [3.63, 3.8) is 0 Å². The highest BCUT2D eigenvalue weighted by Gasteiger charge is 2.35. The van der Waals surface area contributed by atoms with Crippen molar-refractivity contribution in [2.75, 3.05) is 0 Å². The van der Waals surface area contributed by atoms with Crippen LogP contribution < -0.4 is 5.32 Å². The van der Waals surface area contributed by atoms with Gasteiger partial charge in [0.2, 0.25) is 0 Å². The number of nitrogens with zero attached hydrogens (tertiary/aromatic N) is 1. The highest BCUT2D eigenvalue weighted by atomic mass is 32.2. The Balaban J connectivity index is 2.66. The summed E-state index contributed by atoms with van der Waals surface area (Å²) in [6, 6.07) is 5.88. The highest BCUT2D eigenvalue weighted by molar-refractivity contribution is 7.99. The molecule has 0 aliphatic heterocycles. The monoisotopic (exact) mass is 282 g/mol. The molecule has 19 heavy (non-hydrogen) atoms. The van der Waals surface area contributed by atoms with E-state index in [-0.39, 0.29) is 11.3 Å². The third-order valence-corrected chi connectivity index (χ3v) is 3.79. The molecule has 2 unspecified atom stereocenters. The Bertz CT molecular complexity index is 411. The summed E-state index contributed by atoms with van der Waals surface area (Å²) >= 11 is 1.60. The number of aliphatic carboxylic acids is 1. The third-order valence-electron chi connectivity index (χ3n) is 2.73.